The third kappa shape index (κ3) is 5.90. The maximum atomic E-state index is 11.9. The molecule has 3 atom stereocenters. The molecule has 1 aromatic heterocycles. The Kier molecular flexibility index (Phi) is 8.70. The molecule has 0 amide bonds. The number of rotatable bonds is 7. The number of halogens is 2. The van der Waals surface area contributed by atoms with Crippen LogP contribution in [0.5, 0.6) is 0 Å². The molecule has 37 heavy (non-hydrogen) atoms. The Morgan fingerprint density at radius 2 is 1.84 bits per heavy atom. The molecule has 5 rings (SSSR count). The zero-order valence-corrected chi connectivity index (χ0v) is 22.3. The van der Waals surface area contributed by atoms with Crippen LogP contribution in [0.25, 0.3) is 10.8 Å². The van der Waals surface area contributed by atoms with Crippen molar-refractivity contribution in [2.45, 2.75) is 25.3 Å². The minimum Gasteiger partial charge on any atom is -0.478 e. The Morgan fingerprint density at radius 3 is 2.62 bits per heavy atom. The van der Waals surface area contributed by atoms with Crippen molar-refractivity contribution in [1.29, 1.82) is 0 Å². The normalized spacial score (nSPS) is 18.3. The highest BCUT2D eigenvalue weighted by molar-refractivity contribution is 6.29. The van der Waals surface area contributed by atoms with E-state index in [2.05, 4.69) is 88.9 Å². The summed E-state index contributed by atoms with van der Waals surface area (Å²) in [6.45, 7) is 4.59. The Balaban J connectivity index is 0.00000320. The molecule has 2 N–H and O–H groups in total. The van der Waals surface area contributed by atoms with Gasteiger partial charge in [0.1, 0.15) is 10.7 Å². The Labute approximate surface area is 228 Å². The van der Waals surface area contributed by atoms with Crippen LogP contribution in [0.2, 0.25) is 5.15 Å². The monoisotopic (exact) mass is 535 g/mol. The Bertz CT molecular complexity index is 1360. The van der Waals surface area contributed by atoms with Gasteiger partial charge in [-0.25, -0.2) is 9.78 Å². The second-order valence-corrected chi connectivity index (χ2v) is 9.93. The van der Waals surface area contributed by atoms with E-state index in [1.807, 2.05) is 6.07 Å². The van der Waals surface area contributed by atoms with Gasteiger partial charge in [0.25, 0.3) is 0 Å². The Morgan fingerprint density at radius 1 is 1.11 bits per heavy atom. The summed E-state index contributed by atoms with van der Waals surface area (Å²) in [5.74, 6) is -0.328. The number of pyridine rings is 1. The number of benzene rings is 3. The number of piperidine rings is 1. The number of nitrogens with zero attached hydrogens (tertiary/aromatic N) is 2. The zero-order chi connectivity index (χ0) is 25.1. The largest absolute Gasteiger partial charge is 0.478 e. The summed E-state index contributed by atoms with van der Waals surface area (Å²) in [4.78, 5) is 18.0. The van der Waals surface area contributed by atoms with Gasteiger partial charge in [0.05, 0.1) is 5.69 Å². The average Bonchev–Trinajstić information content (AvgIpc) is 2.91. The molecule has 4 aromatic rings. The van der Waals surface area contributed by atoms with Crippen LogP contribution >= 0.6 is 24.0 Å². The molecule has 1 saturated heterocycles. The van der Waals surface area contributed by atoms with Crippen LogP contribution in [0.4, 0.5) is 5.69 Å². The third-order valence-corrected chi connectivity index (χ3v) is 7.59. The molecule has 5 nitrogen and oxygen atoms in total. The number of anilines is 1. The van der Waals surface area contributed by atoms with E-state index in [4.69, 9.17) is 11.6 Å². The predicted molar refractivity (Wildman–Crippen MR) is 153 cm³/mol. The van der Waals surface area contributed by atoms with Crippen molar-refractivity contribution < 1.29 is 9.90 Å². The zero-order valence-electron chi connectivity index (χ0n) is 20.7. The van der Waals surface area contributed by atoms with E-state index in [9.17, 15) is 9.90 Å². The summed E-state index contributed by atoms with van der Waals surface area (Å²) in [6.07, 6.45) is 2.30. The molecule has 1 aliphatic heterocycles. The number of aromatic carboxylic acids is 1. The highest BCUT2D eigenvalue weighted by atomic mass is 35.5. The first-order valence-corrected chi connectivity index (χ1v) is 12.8. The van der Waals surface area contributed by atoms with E-state index >= 15 is 0 Å². The van der Waals surface area contributed by atoms with E-state index in [0.717, 1.165) is 26.1 Å². The summed E-state index contributed by atoms with van der Waals surface area (Å²) in [5.41, 5.74) is 3.40. The lowest BCUT2D eigenvalue weighted by atomic mass is 9.80. The summed E-state index contributed by atoms with van der Waals surface area (Å²) < 4.78 is 0. The fourth-order valence-electron chi connectivity index (χ4n) is 5.45. The average molecular weight is 537 g/mol. The molecular weight excluding hydrogens is 505 g/mol. The van der Waals surface area contributed by atoms with E-state index in [0.29, 0.717) is 16.8 Å². The lowest BCUT2D eigenvalue weighted by molar-refractivity contribution is 0.0697. The van der Waals surface area contributed by atoms with Crippen molar-refractivity contribution >= 4 is 46.4 Å². The maximum Gasteiger partial charge on any atom is 0.339 e. The number of hydrogen-bond acceptors (Lipinski definition) is 4. The standard InChI is InChI=1S/C30H30ClN3O2.ClH/c1-20(24-13-7-11-21-10-5-6-12-25(21)24)32-17-23-14-15-34(19-27(23)22-8-3-2-4-9-22)28-16-29(31)33-18-26(28)30(35)36;/h2-13,16,18,20,23,27,32H,14-15,17,19H2,1H3,(H,35,36);1H/t20-,23?,27?;/m1./s1. The summed E-state index contributed by atoms with van der Waals surface area (Å²) in [6, 6.07) is 27.4. The maximum absolute atomic E-state index is 11.9. The molecule has 0 bridgehead atoms. The number of aromatic nitrogens is 1. The molecule has 0 spiro atoms. The topological polar surface area (TPSA) is 65.5 Å². The molecule has 0 radical (unpaired) electrons. The van der Waals surface area contributed by atoms with E-state index in [1.54, 1.807) is 6.07 Å². The van der Waals surface area contributed by atoms with Crippen molar-refractivity contribution in [2.75, 3.05) is 24.5 Å². The van der Waals surface area contributed by atoms with E-state index in [1.165, 1.54) is 28.1 Å². The lowest BCUT2D eigenvalue weighted by Gasteiger charge is -2.41. The number of hydrogen-bond donors (Lipinski definition) is 2. The van der Waals surface area contributed by atoms with Crippen LogP contribution in [0.1, 0.15) is 46.8 Å². The van der Waals surface area contributed by atoms with Crippen molar-refractivity contribution in [3.63, 3.8) is 0 Å². The number of nitrogens with one attached hydrogen (secondary N) is 1. The quantitative estimate of drug-likeness (QED) is 0.250. The molecule has 2 heterocycles. The third-order valence-electron chi connectivity index (χ3n) is 7.38. The van der Waals surface area contributed by atoms with Crippen LogP contribution in [-0.2, 0) is 0 Å². The molecule has 0 saturated carbocycles. The van der Waals surface area contributed by atoms with Gasteiger partial charge in [-0.05, 0) is 53.8 Å². The lowest BCUT2D eigenvalue weighted by Crippen LogP contribution is -2.43. The smallest absolute Gasteiger partial charge is 0.339 e. The SMILES string of the molecule is C[C@@H](NCC1CCN(c2cc(Cl)ncc2C(=O)O)CC1c1ccccc1)c1cccc2ccccc12.Cl. The van der Waals surface area contributed by atoms with Gasteiger partial charge in [0.15, 0.2) is 0 Å². The fourth-order valence-corrected chi connectivity index (χ4v) is 5.61. The van der Waals surface area contributed by atoms with Crippen molar-refractivity contribution in [3.8, 4) is 0 Å². The van der Waals surface area contributed by atoms with Gasteiger partial charge in [-0.15, -0.1) is 12.4 Å². The van der Waals surface area contributed by atoms with Crippen LogP contribution in [0.15, 0.2) is 85.1 Å². The number of fused-ring (bicyclic) bond motifs is 1. The van der Waals surface area contributed by atoms with Gasteiger partial charge in [-0.2, -0.15) is 0 Å². The molecule has 1 fully saturated rings. The first-order chi connectivity index (χ1) is 17.5. The molecule has 3 aromatic carbocycles. The van der Waals surface area contributed by atoms with Gasteiger partial charge in [0, 0.05) is 31.2 Å². The Hall–Kier alpha value is -3.12. The first kappa shape index (κ1) is 26.9. The minimum absolute atomic E-state index is 0. The number of carboxylic acids is 1. The van der Waals surface area contributed by atoms with Gasteiger partial charge in [0.2, 0.25) is 0 Å². The molecule has 2 unspecified atom stereocenters. The first-order valence-electron chi connectivity index (χ1n) is 12.4. The van der Waals surface area contributed by atoms with Crippen molar-refractivity contribution in [3.05, 3.63) is 107 Å². The second-order valence-electron chi connectivity index (χ2n) is 9.54. The molecule has 0 aliphatic carbocycles. The van der Waals surface area contributed by atoms with Crippen LogP contribution in [0, 0.1) is 5.92 Å². The highest BCUT2D eigenvalue weighted by Gasteiger charge is 2.32. The fraction of sp³-hybridized carbons (Fsp3) is 0.267. The van der Waals surface area contributed by atoms with Crippen LogP contribution in [0.3, 0.4) is 0 Å². The molecule has 1 aliphatic rings. The number of carboxylic acid groups (broad SMARTS) is 1. The van der Waals surface area contributed by atoms with E-state index in [-0.39, 0.29) is 29.9 Å². The summed E-state index contributed by atoms with van der Waals surface area (Å²) >= 11 is 6.17. The highest BCUT2D eigenvalue weighted by Crippen LogP contribution is 2.36. The van der Waals surface area contributed by atoms with Crippen molar-refractivity contribution in [2.24, 2.45) is 5.92 Å². The van der Waals surface area contributed by atoms with Crippen LogP contribution < -0.4 is 10.2 Å². The number of carbonyl (C=O) groups is 1. The summed E-state index contributed by atoms with van der Waals surface area (Å²) in [5, 5.41) is 16.4. The van der Waals surface area contributed by atoms with E-state index < -0.39 is 5.97 Å². The second kappa shape index (κ2) is 12.0. The van der Waals surface area contributed by atoms with Crippen LogP contribution in [-0.4, -0.2) is 35.7 Å². The van der Waals surface area contributed by atoms with Gasteiger partial charge in [-0.3, -0.25) is 0 Å². The van der Waals surface area contributed by atoms with Gasteiger partial charge < -0.3 is 15.3 Å². The predicted octanol–water partition coefficient (Wildman–Crippen LogP) is 6.97. The van der Waals surface area contributed by atoms with Gasteiger partial charge >= 0.3 is 5.97 Å². The van der Waals surface area contributed by atoms with Crippen molar-refractivity contribution in [1.82, 2.24) is 10.3 Å². The molecule has 192 valence electrons. The van der Waals surface area contributed by atoms with Gasteiger partial charge in [-0.1, -0.05) is 84.4 Å². The molecule has 7 heteroatoms. The summed E-state index contributed by atoms with van der Waals surface area (Å²) in [7, 11) is 0. The minimum atomic E-state index is -0.988. The molecular formula is C30H31Cl2N3O2.